The number of Topliss-reactive ketones (excluding diaryl/α,β-unsaturated/α-hetero) is 1. The van der Waals surface area contributed by atoms with Crippen molar-refractivity contribution in [1.82, 2.24) is 0 Å². The van der Waals surface area contributed by atoms with Crippen LogP contribution in [0.2, 0.25) is 0 Å². The number of fused-ring (bicyclic) bond motifs is 1. The van der Waals surface area contributed by atoms with E-state index in [-0.39, 0.29) is 5.78 Å². The maximum atomic E-state index is 12.4. The van der Waals surface area contributed by atoms with Crippen LogP contribution in [0, 0.1) is 6.92 Å². The Hall–Kier alpha value is -2.75. The molecule has 4 heteroatoms. The molecular weight excluding hydrogens is 298 g/mol. The van der Waals surface area contributed by atoms with Crippen molar-refractivity contribution >= 4 is 23.0 Å². The highest BCUT2D eigenvalue weighted by Crippen LogP contribution is 2.26. The molecule has 1 aromatic heterocycles. The van der Waals surface area contributed by atoms with Crippen LogP contribution in [0.4, 0.5) is 11.5 Å². The summed E-state index contributed by atoms with van der Waals surface area (Å²) >= 11 is 0. The Kier molecular flexibility index (Phi) is 4.06. The molecular formula is C20H22N3O+. The van der Waals surface area contributed by atoms with Gasteiger partial charge in [0.1, 0.15) is 11.9 Å². The summed E-state index contributed by atoms with van der Waals surface area (Å²) in [7, 11) is 6.03. The fraction of sp³-hybridized carbons (Fsp3) is 0.250. The number of ketones is 1. The minimum absolute atomic E-state index is 0.0844. The molecule has 0 saturated heterocycles. The number of anilines is 1. The molecule has 0 bridgehead atoms. The van der Waals surface area contributed by atoms with E-state index in [9.17, 15) is 4.79 Å². The lowest BCUT2D eigenvalue weighted by Crippen LogP contribution is -2.35. The summed E-state index contributed by atoms with van der Waals surface area (Å²) < 4.78 is 2.04. The average Bonchev–Trinajstić information content (AvgIpc) is 2.52. The van der Waals surface area contributed by atoms with Crippen LogP contribution >= 0.6 is 0 Å². The van der Waals surface area contributed by atoms with E-state index in [1.807, 2.05) is 82.2 Å². The van der Waals surface area contributed by atoms with Gasteiger partial charge in [-0.1, -0.05) is 18.2 Å². The van der Waals surface area contributed by atoms with Crippen LogP contribution in [0.25, 0.3) is 0 Å². The van der Waals surface area contributed by atoms with E-state index in [2.05, 4.69) is 4.90 Å². The molecule has 0 unspecified atom stereocenters. The van der Waals surface area contributed by atoms with E-state index in [1.54, 1.807) is 0 Å². The highest BCUT2D eigenvalue weighted by Gasteiger charge is 2.23. The quantitative estimate of drug-likeness (QED) is 0.797. The Bertz CT molecular complexity index is 892. The minimum Gasteiger partial charge on any atom is -0.289 e. The smallest absolute Gasteiger partial charge is 0.275 e. The first-order chi connectivity index (χ1) is 11.4. The summed E-state index contributed by atoms with van der Waals surface area (Å²) in [5.74, 6) is 1.18. The Morgan fingerprint density at radius 3 is 2.50 bits per heavy atom. The van der Waals surface area contributed by atoms with Crippen molar-refractivity contribution in [1.29, 1.82) is 0 Å². The van der Waals surface area contributed by atoms with Gasteiger partial charge in [0.25, 0.3) is 5.82 Å². The van der Waals surface area contributed by atoms with Crippen LogP contribution < -0.4 is 9.47 Å². The lowest BCUT2D eigenvalue weighted by atomic mass is 9.87. The molecule has 0 radical (unpaired) electrons. The van der Waals surface area contributed by atoms with Crippen LogP contribution in [0.5, 0.6) is 0 Å². The third-order valence-corrected chi connectivity index (χ3v) is 4.28. The summed E-state index contributed by atoms with van der Waals surface area (Å²) in [5, 5.41) is 0. The topological polar surface area (TPSA) is 36.5 Å². The molecule has 1 aromatic carbocycles. The Labute approximate surface area is 142 Å². The van der Waals surface area contributed by atoms with Crippen LogP contribution in [0.3, 0.4) is 0 Å². The van der Waals surface area contributed by atoms with Crippen molar-refractivity contribution in [2.75, 3.05) is 19.0 Å². The van der Waals surface area contributed by atoms with Gasteiger partial charge in [0.2, 0.25) is 0 Å². The predicted octanol–water partition coefficient (Wildman–Crippen LogP) is 3.15. The zero-order valence-corrected chi connectivity index (χ0v) is 14.8. The molecule has 122 valence electrons. The number of rotatable bonds is 2. The van der Waals surface area contributed by atoms with Gasteiger partial charge in [-0.15, -0.1) is 0 Å². The van der Waals surface area contributed by atoms with Crippen LogP contribution in [0.1, 0.15) is 28.4 Å². The number of carbonyl (C=O) groups excluding carboxylic acids is 1. The zero-order valence-electron chi connectivity index (χ0n) is 14.8. The highest BCUT2D eigenvalue weighted by molar-refractivity contribution is 6.26. The molecule has 2 aromatic rings. The van der Waals surface area contributed by atoms with Gasteiger partial charge in [-0.2, -0.15) is 0 Å². The second-order valence-corrected chi connectivity index (χ2v) is 6.40. The summed E-state index contributed by atoms with van der Waals surface area (Å²) in [6.07, 6.45) is 3.89. The first kappa shape index (κ1) is 16.1. The van der Waals surface area contributed by atoms with Crippen molar-refractivity contribution in [2.45, 2.75) is 13.8 Å². The molecule has 4 nitrogen and oxygen atoms in total. The van der Waals surface area contributed by atoms with Gasteiger partial charge < -0.3 is 0 Å². The lowest BCUT2D eigenvalue weighted by molar-refractivity contribution is -0.658. The van der Waals surface area contributed by atoms with Gasteiger partial charge in [0.15, 0.2) is 5.78 Å². The van der Waals surface area contributed by atoms with Crippen LogP contribution in [0.15, 0.2) is 53.2 Å². The molecule has 0 fully saturated rings. The Morgan fingerprint density at radius 1 is 1.08 bits per heavy atom. The number of aromatic nitrogens is 1. The van der Waals surface area contributed by atoms with Crippen molar-refractivity contribution in [3.05, 3.63) is 64.9 Å². The van der Waals surface area contributed by atoms with Gasteiger partial charge in [-0.25, -0.2) is 9.56 Å². The van der Waals surface area contributed by atoms with E-state index in [4.69, 9.17) is 4.99 Å². The lowest BCUT2D eigenvalue weighted by Gasteiger charge is -2.17. The summed E-state index contributed by atoms with van der Waals surface area (Å²) in [4.78, 5) is 19.3. The molecule has 3 rings (SSSR count). The molecule has 1 aliphatic rings. The Morgan fingerprint density at radius 2 is 1.83 bits per heavy atom. The maximum Gasteiger partial charge on any atom is 0.275 e. The van der Waals surface area contributed by atoms with E-state index >= 15 is 0 Å². The zero-order chi connectivity index (χ0) is 17.4. The van der Waals surface area contributed by atoms with Crippen molar-refractivity contribution in [2.24, 2.45) is 12.0 Å². The first-order valence-corrected chi connectivity index (χ1v) is 7.97. The molecule has 0 spiro atoms. The number of carbonyl (C=O) groups is 1. The average molecular weight is 320 g/mol. The summed E-state index contributed by atoms with van der Waals surface area (Å²) in [6.45, 7) is 3.86. The molecule has 0 N–H and O–H groups in total. The third kappa shape index (κ3) is 2.75. The highest BCUT2D eigenvalue weighted by atomic mass is 16.1. The van der Waals surface area contributed by atoms with Crippen LogP contribution in [-0.2, 0) is 7.05 Å². The molecule has 0 amide bonds. The van der Waals surface area contributed by atoms with Gasteiger partial charge in [0.05, 0.1) is 26.9 Å². The van der Waals surface area contributed by atoms with Gasteiger partial charge in [-0.05, 0) is 37.1 Å². The molecule has 0 atom stereocenters. The second kappa shape index (κ2) is 6.04. The van der Waals surface area contributed by atoms with E-state index in [0.29, 0.717) is 0 Å². The van der Waals surface area contributed by atoms with E-state index in [1.165, 1.54) is 0 Å². The SMILES string of the molecule is CC1=CC(=Nc2ccc(N(C)C)[n+](C)c2)c2c(C)cccc2C1=O. The fourth-order valence-corrected chi connectivity index (χ4v) is 3.10. The number of aryl methyl sites for hydroxylation is 2. The number of allylic oxidation sites excluding steroid dienone is 2. The number of aliphatic imine (C=N–C) groups is 1. The molecule has 0 aliphatic heterocycles. The van der Waals surface area contributed by atoms with Crippen molar-refractivity contribution < 1.29 is 9.36 Å². The van der Waals surface area contributed by atoms with Crippen molar-refractivity contribution in [3.8, 4) is 0 Å². The number of benzene rings is 1. The standard InChI is InChI=1S/C20H22N3O/c1-13-7-6-8-16-19(13)17(11-14(2)20(16)24)21-15-9-10-18(22(3)4)23(5)12-15/h6-12H,1-5H3/q+1. The largest absolute Gasteiger partial charge is 0.289 e. The third-order valence-electron chi connectivity index (χ3n) is 4.28. The molecule has 0 saturated carbocycles. The molecule has 1 heterocycles. The fourth-order valence-electron chi connectivity index (χ4n) is 3.10. The summed E-state index contributed by atoms with van der Waals surface area (Å²) in [6, 6.07) is 9.87. The van der Waals surface area contributed by atoms with Gasteiger partial charge in [-0.3, -0.25) is 9.69 Å². The van der Waals surface area contributed by atoms with E-state index in [0.717, 1.165) is 39.5 Å². The summed E-state index contributed by atoms with van der Waals surface area (Å²) in [5.41, 5.74) is 5.18. The Balaban J connectivity index is 2.14. The number of hydrogen-bond acceptors (Lipinski definition) is 3. The number of pyridine rings is 1. The molecule has 24 heavy (non-hydrogen) atoms. The monoisotopic (exact) mass is 320 g/mol. The number of hydrogen-bond donors (Lipinski definition) is 0. The first-order valence-electron chi connectivity index (χ1n) is 7.97. The van der Waals surface area contributed by atoms with Crippen molar-refractivity contribution in [3.63, 3.8) is 0 Å². The normalized spacial score (nSPS) is 15.3. The molecule has 1 aliphatic carbocycles. The van der Waals surface area contributed by atoms with Crippen LogP contribution in [-0.4, -0.2) is 25.6 Å². The number of nitrogens with zero attached hydrogens (tertiary/aromatic N) is 3. The van der Waals surface area contributed by atoms with Gasteiger partial charge >= 0.3 is 0 Å². The predicted molar refractivity (Wildman–Crippen MR) is 97.4 cm³/mol. The van der Waals surface area contributed by atoms with E-state index < -0.39 is 0 Å². The maximum absolute atomic E-state index is 12.4. The second-order valence-electron chi connectivity index (χ2n) is 6.40. The van der Waals surface area contributed by atoms with Gasteiger partial charge in [0, 0.05) is 17.2 Å². The minimum atomic E-state index is 0.0844.